The Morgan fingerprint density at radius 1 is 1.14 bits per heavy atom. The second kappa shape index (κ2) is 9.05. The number of rotatable bonds is 8. The van der Waals surface area contributed by atoms with E-state index in [1.807, 2.05) is 22.9 Å². The van der Waals surface area contributed by atoms with Gasteiger partial charge < -0.3 is 5.32 Å². The highest BCUT2D eigenvalue weighted by atomic mass is 32.2. The van der Waals surface area contributed by atoms with Crippen molar-refractivity contribution >= 4 is 27.3 Å². The van der Waals surface area contributed by atoms with Crippen molar-refractivity contribution in [1.82, 2.24) is 15.0 Å². The number of carbonyl (C=O) groups excluding carboxylic acids is 1. The van der Waals surface area contributed by atoms with Crippen molar-refractivity contribution < 1.29 is 17.6 Å². The number of hydrogen-bond donors (Lipinski definition) is 2. The molecule has 0 unspecified atom stereocenters. The highest BCUT2D eigenvalue weighted by molar-refractivity contribution is 7.89. The van der Waals surface area contributed by atoms with Crippen molar-refractivity contribution in [1.29, 1.82) is 0 Å². The van der Waals surface area contributed by atoms with E-state index in [1.165, 1.54) is 18.2 Å². The van der Waals surface area contributed by atoms with Crippen LogP contribution < -0.4 is 10.0 Å². The summed E-state index contributed by atoms with van der Waals surface area (Å²) in [4.78, 5) is 15.7. The zero-order chi connectivity index (χ0) is 20.0. The first-order chi connectivity index (χ1) is 13.5. The predicted octanol–water partition coefficient (Wildman–Crippen LogP) is 2.93. The molecule has 3 aromatic rings. The molecule has 2 aromatic heterocycles. The molecule has 0 fully saturated rings. The first-order valence-electron chi connectivity index (χ1n) is 8.43. The van der Waals surface area contributed by atoms with Gasteiger partial charge in [-0.15, -0.1) is 0 Å². The Labute approximate surface area is 166 Å². The van der Waals surface area contributed by atoms with Crippen LogP contribution in [-0.4, -0.2) is 25.9 Å². The molecule has 28 heavy (non-hydrogen) atoms. The van der Waals surface area contributed by atoms with E-state index in [1.54, 1.807) is 23.7 Å². The number of benzene rings is 1. The number of pyridine rings is 1. The summed E-state index contributed by atoms with van der Waals surface area (Å²) in [5.74, 6) is -1.16. The number of thiophene rings is 1. The standard InChI is InChI=1S/C19H18FN3O3S2/c20-17-3-1-2-4-18(17)28(25,26)23-7-5-19(24)22-11-14-9-16(12-21-10-14)15-6-8-27-13-15/h1-4,6,8-10,12-13,23H,5,7,11H2,(H,22,24). The fraction of sp³-hybridized carbons (Fsp3) is 0.158. The van der Waals surface area contributed by atoms with Gasteiger partial charge in [0.25, 0.3) is 0 Å². The molecular weight excluding hydrogens is 401 g/mol. The lowest BCUT2D eigenvalue weighted by Crippen LogP contribution is -2.31. The van der Waals surface area contributed by atoms with E-state index in [0.29, 0.717) is 0 Å². The smallest absolute Gasteiger partial charge is 0.243 e. The molecule has 0 atom stereocenters. The van der Waals surface area contributed by atoms with E-state index in [9.17, 15) is 17.6 Å². The third-order valence-corrected chi connectivity index (χ3v) is 6.09. The van der Waals surface area contributed by atoms with Crippen LogP contribution in [0.2, 0.25) is 0 Å². The van der Waals surface area contributed by atoms with Crippen molar-refractivity contribution in [2.45, 2.75) is 17.9 Å². The molecule has 2 N–H and O–H groups in total. The summed E-state index contributed by atoms with van der Waals surface area (Å²) < 4.78 is 40.0. The van der Waals surface area contributed by atoms with E-state index >= 15 is 0 Å². The minimum atomic E-state index is -4.00. The highest BCUT2D eigenvalue weighted by Crippen LogP contribution is 2.21. The molecule has 2 heterocycles. The molecule has 0 spiro atoms. The number of hydrogen-bond acceptors (Lipinski definition) is 5. The maximum Gasteiger partial charge on any atom is 0.243 e. The molecule has 3 rings (SSSR count). The third-order valence-electron chi connectivity index (χ3n) is 3.91. The fourth-order valence-electron chi connectivity index (χ4n) is 2.50. The van der Waals surface area contributed by atoms with Crippen LogP contribution in [0.3, 0.4) is 0 Å². The van der Waals surface area contributed by atoms with Gasteiger partial charge in [0.1, 0.15) is 10.7 Å². The SMILES string of the molecule is O=C(CCNS(=O)(=O)c1ccccc1F)NCc1cncc(-c2ccsc2)c1. The average molecular weight is 420 g/mol. The second-order valence-electron chi connectivity index (χ2n) is 5.95. The summed E-state index contributed by atoms with van der Waals surface area (Å²) in [5, 5.41) is 6.72. The van der Waals surface area contributed by atoms with Gasteiger partial charge >= 0.3 is 0 Å². The monoisotopic (exact) mass is 419 g/mol. The average Bonchev–Trinajstić information content (AvgIpc) is 3.21. The minimum absolute atomic E-state index is 0.0642. The van der Waals surface area contributed by atoms with Crippen LogP contribution >= 0.6 is 11.3 Å². The summed E-state index contributed by atoms with van der Waals surface area (Å²) in [5.41, 5.74) is 2.86. The number of nitrogens with one attached hydrogen (secondary N) is 2. The van der Waals surface area contributed by atoms with Crippen LogP contribution in [-0.2, 0) is 21.4 Å². The minimum Gasteiger partial charge on any atom is -0.352 e. The van der Waals surface area contributed by atoms with Crippen molar-refractivity contribution in [3.8, 4) is 11.1 Å². The van der Waals surface area contributed by atoms with E-state index < -0.39 is 20.7 Å². The summed E-state index contributed by atoms with van der Waals surface area (Å²) in [7, 11) is -4.00. The molecule has 0 aliphatic carbocycles. The Kier molecular flexibility index (Phi) is 6.50. The Morgan fingerprint density at radius 3 is 2.71 bits per heavy atom. The zero-order valence-electron chi connectivity index (χ0n) is 14.8. The van der Waals surface area contributed by atoms with E-state index in [0.717, 1.165) is 22.8 Å². The largest absolute Gasteiger partial charge is 0.352 e. The molecule has 6 nitrogen and oxygen atoms in total. The van der Waals surface area contributed by atoms with Gasteiger partial charge in [0.15, 0.2) is 0 Å². The Bertz CT molecular complexity index is 1050. The van der Waals surface area contributed by atoms with Crippen LogP contribution in [0.1, 0.15) is 12.0 Å². The maximum atomic E-state index is 13.6. The predicted molar refractivity (Wildman–Crippen MR) is 106 cm³/mol. The number of amides is 1. The molecule has 0 bridgehead atoms. The molecule has 0 aliphatic rings. The molecule has 1 aromatic carbocycles. The molecule has 0 radical (unpaired) electrons. The Hall–Kier alpha value is -2.62. The number of halogens is 1. The third kappa shape index (κ3) is 5.22. The molecule has 0 aliphatic heterocycles. The van der Waals surface area contributed by atoms with Crippen LogP contribution in [0.5, 0.6) is 0 Å². The maximum absolute atomic E-state index is 13.6. The lowest BCUT2D eigenvalue weighted by atomic mass is 10.1. The lowest BCUT2D eigenvalue weighted by molar-refractivity contribution is -0.121. The quantitative estimate of drug-likeness (QED) is 0.588. The van der Waals surface area contributed by atoms with Gasteiger partial charge in [-0.25, -0.2) is 17.5 Å². The van der Waals surface area contributed by atoms with Crippen molar-refractivity contribution in [3.63, 3.8) is 0 Å². The van der Waals surface area contributed by atoms with Gasteiger partial charge in [0, 0.05) is 37.5 Å². The molecule has 9 heteroatoms. The number of nitrogens with zero attached hydrogens (tertiary/aromatic N) is 1. The van der Waals surface area contributed by atoms with Gasteiger partial charge in [0.05, 0.1) is 0 Å². The summed E-state index contributed by atoms with van der Waals surface area (Å²) in [6.07, 6.45) is 3.35. The first kappa shape index (κ1) is 20.1. The zero-order valence-corrected chi connectivity index (χ0v) is 16.4. The molecular formula is C19H18FN3O3S2. The van der Waals surface area contributed by atoms with Crippen LogP contribution in [0.4, 0.5) is 4.39 Å². The lowest BCUT2D eigenvalue weighted by Gasteiger charge is -2.09. The van der Waals surface area contributed by atoms with Crippen molar-refractivity contribution in [2.75, 3.05) is 6.54 Å². The number of carbonyl (C=O) groups is 1. The van der Waals surface area contributed by atoms with Gasteiger partial charge in [-0.3, -0.25) is 9.78 Å². The van der Waals surface area contributed by atoms with Gasteiger partial charge in [-0.1, -0.05) is 12.1 Å². The van der Waals surface area contributed by atoms with E-state index in [-0.39, 0.29) is 25.4 Å². The normalized spacial score (nSPS) is 11.3. The summed E-state index contributed by atoms with van der Waals surface area (Å²) in [6.45, 7) is 0.152. The first-order valence-corrected chi connectivity index (χ1v) is 10.9. The second-order valence-corrected chi connectivity index (χ2v) is 8.46. The fourth-order valence-corrected chi connectivity index (χ4v) is 4.27. The highest BCUT2D eigenvalue weighted by Gasteiger charge is 2.18. The topological polar surface area (TPSA) is 88.2 Å². The van der Waals surface area contributed by atoms with Crippen LogP contribution in [0.15, 0.2) is 64.4 Å². The molecule has 1 amide bonds. The summed E-state index contributed by atoms with van der Waals surface area (Å²) in [6, 6.07) is 9.01. The number of aromatic nitrogens is 1. The molecule has 146 valence electrons. The summed E-state index contributed by atoms with van der Waals surface area (Å²) >= 11 is 1.59. The van der Waals surface area contributed by atoms with Gasteiger partial charge in [-0.05, 0) is 46.2 Å². The van der Waals surface area contributed by atoms with Crippen LogP contribution in [0.25, 0.3) is 11.1 Å². The van der Waals surface area contributed by atoms with E-state index in [2.05, 4.69) is 15.0 Å². The Balaban J connectivity index is 1.49. The van der Waals surface area contributed by atoms with Crippen molar-refractivity contribution in [3.05, 3.63) is 70.9 Å². The van der Waals surface area contributed by atoms with Gasteiger partial charge in [-0.2, -0.15) is 11.3 Å². The van der Waals surface area contributed by atoms with Gasteiger partial charge in [0.2, 0.25) is 15.9 Å². The Morgan fingerprint density at radius 2 is 1.96 bits per heavy atom. The molecule has 0 saturated heterocycles. The molecule has 0 saturated carbocycles. The van der Waals surface area contributed by atoms with Crippen LogP contribution in [0, 0.1) is 5.82 Å². The van der Waals surface area contributed by atoms with Crippen molar-refractivity contribution in [2.24, 2.45) is 0 Å². The van der Waals surface area contributed by atoms with E-state index in [4.69, 9.17) is 0 Å². The number of sulfonamides is 1.